The Kier molecular flexibility index (Phi) is 11.2. The van der Waals surface area contributed by atoms with E-state index >= 15 is 0 Å². The van der Waals surface area contributed by atoms with Gasteiger partial charge in [-0.25, -0.2) is 4.79 Å². The fourth-order valence-electron chi connectivity index (χ4n) is 7.70. The molecule has 1 atom stereocenters. The molecule has 0 fully saturated rings. The summed E-state index contributed by atoms with van der Waals surface area (Å²) in [6.45, 7) is 5.44. The number of carbonyl (C=O) groups excluding carboxylic acids is 4. The number of aromatic nitrogens is 1. The van der Waals surface area contributed by atoms with Gasteiger partial charge < -0.3 is 34.4 Å². The van der Waals surface area contributed by atoms with Gasteiger partial charge in [0.1, 0.15) is 11.5 Å². The van der Waals surface area contributed by atoms with E-state index in [0.717, 1.165) is 51.2 Å². The minimum absolute atomic E-state index is 0.0426. The summed E-state index contributed by atoms with van der Waals surface area (Å²) < 4.78 is 7.75. The van der Waals surface area contributed by atoms with E-state index in [2.05, 4.69) is 30.4 Å². The molecule has 11 heteroatoms. The predicted octanol–water partition coefficient (Wildman–Crippen LogP) is 6.80. The van der Waals surface area contributed by atoms with Crippen LogP contribution in [0.5, 0.6) is 11.5 Å². The van der Waals surface area contributed by atoms with Crippen LogP contribution < -0.4 is 10.1 Å². The molecular weight excluding hydrogens is 719 g/mol. The van der Waals surface area contributed by atoms with Gasteiger partial charge in [-0.15, -0.1) is 0 Å². The Balaban J connectivity index is 1.16. The van der Waals surface area contributed by atoms with Gasteiger partial charge in [-0.1, -0.05) is 48.5 Å². The van der Waals surface area contributed by atoms with E-state index in [1.54, 1.807) is 60.3 Å². The van der Waals surface area contributed by atoms with Gasteiger partial charge in [0.15, 0.2) is 0 Å². The van der Waals surface area contributed by atoms with Crippen molar-refractivity contribution in [2.45, 2.75) is 65.2 Å². The highest BCUT2D eigenvalue weighted by molar-refractivity contribution is 6.03. The Morgan fingerprint density at radius 3 is 2.26 bits per heavy atom. The summed E-state index contributed by atoms with van der Waals surface area (Å²) in [6, 6.07) is 28.0. The molecule has 5 aromatic rings. The quantitative estimate of drug-likeness (QED) is 0.170. The third-order valence-corrected chi connectivity index (χ3v) is 11.3. The molecule has 2 N–H and O–H groups in total. The summed E-state index contributed by atoms with van der Waals surface area (Å²) in [5.74, 6) is 0.281. The molecule has 2 aliphatic rings. The molecule has 0 aliphatic carbocycles. The SMILES string of the molecule is Cc1c(C(=O)NCc2ccc(O)cc2)cc(-c2cc3c(cc2C(=O)N2Cc4ccccc4C[C@H]2C)CN(C(=O)Oc2ccc(CCC(=O)N(C)C)cc2)CC3)n1C. The van der Waals surface area contributed by atoms with Gasteiger partial charge in [0.05, 0.1) is 5.56 Å². The van der Waals surface area contributed by atoms with Crippen molar-refractivity contribution >= 4 is 23.8 Å². The monoisotopic (exact) mass is 767 g/mol. The third kappa shape index (κ3) is 8.42. The average Bonchev–Trinajstić information content (AvgIpc) is 3.51. The van der Waals surface area contributed by atoms with Crippen molar-refractivity contribution in [3.63, 3.8) is 0 Å². The standard InChI is InChI=1S/C46H49N5O6/c1-29-22-33-8-6-7-9-35(33)28-51(29)45(55)41-24-36-27-50(46(56)57-38-17-12-31(13-18-38)14-19-43(53)48(3)4)21-20-34(36)23-40(41)42-25-39(30(2)49(42)5)44(54)47-26-32-10-15-37(52)16-11-32/h6-13,15-18,23-25,29,52H,14,19-22,26-28H2,1-5H3,(H,47,54)/t29-/m1/s1. The number of carbonyl (C=O) groups is 4. The van der Waals surface area contributed by atoms with Crippen LogP contribution in [0.4, 0.5) is 4.79 Å². The minimum atomic E-state index is -0.476. The van der Waals surface area contributed by atoms with Crippen LogP contribution >= 0.6 is 0 Å². The summed E-state index contributed by atoms with van der Waals surface area (Å²) >= 11 is 0. The summed E-state index contributed by atoms with van der Waals surface area (Å²) in [4.78, 5) is 59.0. The number of aryl methyl sites for hydroxylation is 1. The molecule has 4 aromatic carbocycles. The summed E-state index contributed by atoms with van der Waals surface area (Å²) in [5, 5.41) is 12.7. The van der Waals surface area contributed by atoms with E-state index in [9.17, 15) is 24.3 Å². The van der Waals surface area contributed by atoms with Gasteiger partial charge in [-0.05, 0) is 109 Å². The number of ether oxygens (including phenoxy) is 1. The van der Waals surface area contributed by atoms with Gasteiger partial charge in [0.25, 0.3) is 11.8 Å². The number of hydrogen-bond donors (Lipinski definition) is 2. The maximum Gasteiger partial charge on any atom is 0.415 e. The van der Waals surface area contributed by atoms with Crippen LogP contribution in [-0.2, 0) is 50.7 Å². The first-order valence-corrected chi connectivity index (χ1v) is 19.4. The predicted molar refractivity (Wildman–Crippen MR) is 218 cm³/mol. The minimum Gasteiger partial charge on any atom is -0.508 e. The van der Waals surface area contributed by atoms with Gasteiger partial charge in [-0.3, -0.25) is 14.4 Å². The molecule has 0 bridgehead atoms. The largest absolute Gasteiger partial charge is 0.508 e. The van der Waals surface area contributed by atoms with Gasteiger partial charge in [0.2, 0.25) is 5.91 Å². The molecule has 11 nitrogen and oxygen atoms in total. The number of aromatic hydroxyl groups is 1. The van der Waals surface area contributed by atoms with Crippen molar-refractivity contribution < 1.29 is 29.0 Å². The summed E-state index contributed by atoms with van der Waals surface area (Å²) in [5.41, 5.74) is 9.34. The summed E-state index contributed by atoms with van der Waals surface area (Å²) in [7, 11) is 5.38. The van der Waals surface area contributed by atoms with Crippen LogP contribution in [0.1, 0.15) is 73.1 Å². The Labute approximate surface area is 333 Å². The van der Waals surface area contributed by atoms with Crippen LogP contribution in [0.25, 0.3) is 11.3 Å². The molecule has 0 saturated heterocycles. The van der Waals surface area contributed by atoms with Crippen molar-refractivity contribution in [3.05, 3.63) is 141 Å². The van der Waals surface area contributed by atoms with Crippen LogP contribution in [0.15, 0.2) is 91.0 Å². The topological polar surface area (TPSA) is 124 Å². The van der Waals surface area contributed by atoms with E-state index in [4.69, 9.17) is 4.74 Å². The van der Waals surface area contributed by atoms with Gasteiger partial charge in [-0.2, -0.15) is 0 Å². The van der Waals surface area contributed by atoms with Gasteiger partial charge >= 0.3 is 6.09 Å². The van der Waals surface area contributed by atoms with Crippen molar-refractivity contribution in [2.24, 2.45) is 7.05 Å². The Bertz CT molecular complexity index is 2330. The zero-order chi connectivity index (χ0) is 40.4. The van der Waals surface area contributed by atoms with E-state index in [-0.39, 0.29) is 36.1 Å². The van der Waals surface area contributed by atoms with Crippen LogP contribution in [0, 0.1) is 6.92 Å². The number of phenols is 1. The van der Waals surface area contributed by atoms with E-state index in [0.29, 0.717) is 55.8 Å². The Morgan fingerprint density at radius 1 is 0.842 bits per heavy atom. The third-order valence-electron chi connectivity index (χ3n) is 11.3. The number of benzene rings is 4. The molecule has 294 valence electrons. The highest BCUT2D eigenvalue weighted by atomic mass is 16.6. The number of rotatable bonds is 9. The van der Waals surface area contributed by atoms with Gasteiger partial charge in [0, 0.05) is 82.3 Å². The zero-order valence-electron chi connectivity index (χ0n) is 33.2. The number of fused-ring (bicyclic) bond motifs is 2. The lowest BCUT2D eigenvalue weighted by Gasteiger charge is -2.36. The second-order valence-electron chi connectivity index (χ2n) is 15.3. The highest BCUT2D eigenvalue weighted by Crippen LogP contribution is 2.35. The number of phenolic OH excluding ortho intramolecular Hbond substituents is 1. The lowest BCUT2D eigenvalue weighted by Crippen LogP contribution is -2.43. The molecule has 0 radical (unpaired) electrons. The maximum atomic E-state index is 14.8. The molecule has 0 spiro atoms. The molecule has 7 rings (SSSR count). The van der Waals surface area contributed by atoms with Crippen LogP contribution in [0.3, 0.4) is 0 Å². The fraction of sp³-hybridized carbons (Fsp3) is 0.304. The highest BCUT2D eigenvalue weighted by Gasteiger charge is 2.32. The summed E-state index contributed by atoms with van der Waals surface area (Å²) in [6.07, 6.45) is 1.82. The molecule has 2 aliphatic heterocycles. The molecule has 3 heterocycles. The molecule has 57 heavy (non-hydrogen) atoms. The zero-order valence-corrected chi connectivity index (χ0v) is 33.2. The van der Waals surface area contributed by atoms with E-state index in [1.165, 1.54) is 5.56 Å². The first-order chi connectivity index (χ1) is 27.4. The van der Waals surface area contributed by atoms with E-state index in [1.807, 2.05) is 59.8 Å². The van der Waals surface area contributed by atoms with E-state index < -0.39 is 6.09 Å². The van der Waals surface area contributed by atoms with Crippen molar-refractivity contribution in [3.8, 4) is 22.8 Å². The first kappa shape index (κ1) is 38.9. The lowest BCUT2D eigenvalue weighted by molar-refractivity contribution is -0.128. The molecule has 0 unspecified atom stereocenters. The van der Waals surface area contributed by atoms with Crippen molar-refractivity contribution in [1.29, 1.82) is 0 Å². The number of nitrogens with one attached hydrogen (secondary N) is 1. The number of hydrogen-bond acceptors (Lipinski definition) is 6. The second-order valence-corrected chi connectivity index (χ2v) is 15.3. The lowest BCUT2D eigenvalue weighted by atomic mass is 9.90. The normalized spacial score (nSPS) is 14.7. The molecular formula is C46H49N5O6. The van der Waals surface area contributed by atoms with Crippen molar-refractivity contribution in [1.82, 2.24) is 24.6 Å². The maximum absolute atomic E-state index is 14.8. The fourth-order valence-corrected chi connectivity index (χ4v) is 7.70. The first-order valence-electron chi connectivity index (χ1n) is 19.4. The molecule has 1 aromatic heterocycles. The van der Waals surface area contributed by atoms with Crippen LogP contribution in [0.2, 0.25) is 0 Å². The number of nitrogens with zero attached hydrogens (tertiary/aromatic N) is 4. The smallest absolute Gasteiger partial charge is 0.415 e. The Morgan fingerprint density at radius 2 is 1.54 bits per heavy atom. The van der Waals surface area contributed by atoms with Crippen molar-refractivity contribution in [2.75, 3.05) is 20.6 Å². The second kappa shape index (κ2) is 16.4. The Hall–Kier alpha value is -6.36. The van der Waals surface area contributed by atoms with Crippen LogP contribution in [-0.4, -0.2) is 74.9 Å². The molecule has 4 amide bonds. The number of amides is 4. The average molecular weight is 768 g/mol. The molecule has 0 saturated carbocycles.